The van der Waals surface area contributed by atoms with E-state index >= 15 is 0 Å². The number of carbonyl (C=O) groups excluding carboxylic acids is 1. The molecule has 138 valence electrons. The van der Waals surface area contributed by atoms with E-state index in [-0.39, 0.29) is 24.1 Å². The summed E-state index contributed by atoms with van der Waals surface area (Å²) in [6, 6.07) is 9.98. The van der Waals surface area contributed by atoms with Crippen molar-refractivity contribution in [3.8, 4) is 5.75 Å². The average Bonchev–Trinajstić information content (AvgIpc) is 2.61. The SMILES string of the molecule is C=CCCOC(C)C(=O)Nc1ccc(OCc2cccc(F)c2)c(F)c1. The van der Waals surface area contributed by atoms with E-state index in [1.54, 1.807) is 25.1 Å². The lowest BCUT2D eigenvalue weighted by atomic mass is 10.2. The molecule has 4 nitrogen and oxygen atoms in total. The lowest BCUT2D eigenvalue weighted by Gasteiger charge is -2.14. The van der Waals surface area contributed by atoms with Gasteiger partial charge in [-0.1, -0.05) is 18.2 Å². The van der Waals surface area contributed by atoms with Crippen LogP contribution in [0.4, 0.5) is 14.5 Å². The first kappa shape index (κ1) is 19.6. The number of halogens is 2. The van der Waals surface area contributed by atoms with Gasteiger partial charge in [0.15, 0.2) is 11.6 Å². The largest absolute Gasteiger partial charge is 0.486 e. The summed E-state index contributed by atoms with van der Waals surface area (Å²) in [5.41, 5.74) is 0.886. The van der Waals surface area contributed by atoms with Crippen molar-refractivity contribution in [1.82, 2.24) is 0 Å². The molecular formula is C20H21F2NO3. The molecule has 0 radical (unpaired) electrons. The first-order chi connectivity index (χ1) is 12.5. The Morgan fingerprint density at radius 2 is 2.08 bits per heavy atom. The Morgan fingerprint density at radius 1 is 1.27 bits per heavy atom. The van der Waals surface area contributed by atoms with E-state index in [4.69, 9.17) is 9.47 Å². The number of benzene rings is 2. The maximum atomic E-state index is 14.1. The first-order valence-corrected chi connectivity index (χ1v) is 8.19. The highest BCUT2D eigenvalue weighted by atomic mass is 19.1. The highest BCUT2D eigenvalue weighted by molar-refractivity contribution is 5.93. The minimum Gasteiger partial charge on any atom is -0.486 e. The van der Waals surface area contributed by atoms with Crippen LogP contribution in [0.15, 0.2) is 55.1 Å². The minimum absolute atomic E-state index is 0.0162. The van der Waals surface area contributed by atoms with Crippen LogP contribution in [0, 0.1) is 11.6 Å². The van der Waals surface area contributed by atoms with E-state index in [1.807, 2.05) is 0 Å². The Bertz CT molecular complexity index is 764. The molecular weight excluding hydrogens is 340 g/mol. The predicted molar refractivity (Wildman–Crippen MR) is 96.0 cm³/mol. The fourth-order valence-corrected chi connectivity index (χ4v) is 2.13. The maximum absolute atomic E-state index is 14.1. The molecule has 2 rings (SSSR count). The molecule has 0 fully saturated rings. The van der Waals surface area contributed by atoms with Gasteiger partial charge in [0.1, 0.15) is 18.5 Å². The molecule has 0 bridgehead atoms. The van der Waals surface area contributed by atoms with Crippen LogP contribution in [-0.2, 0) is 16.1 Å². The molecule has 0 saturated heterocycles. The molecule has 2 aromatic carbocycles. The van der Waals surface area contributed by atoms with Crippen LogP contribution in [0.2, 0.25) is 0 Å². The van der Waals surface area contributed by atoms with Crippen molar-refractivity contribution in [3.05, 3.63) is 72.3 Å². The lowest BCUT2D eigenvalue weighted by Crippen LogP contribution is -2.28. The topological polar surface area (TPSA) is 47.6 Å². The molecule has 0 heterocycles. The number of ether oxygens (including phenoxy) is 2. The van der Waals surface area contributed by atoms with Gasteiger partial charge in [0.2, 0.25) is 0 Å². The molecule has 2 aromatic rings. The fourth-order valence-electron chi connectivity index (χ4n) is 2.13. The summed E-state index contributed by atoms with van der Waals surface area (Å²) in [5, 5.41) is 2.58. The zero-order valence-electron chi connectivity index (χ0n) is 14.5. The molecule has 1 N–H and O–H groups in total. The Balaban J connectivity index is 1.91. The van der Waals surface area contributed by atoms with Gasteiger partial charge >= 0.3 is 0 Å². The molecule has 1 atom stereocenters. The van der Waals surface area contributed by atoms with E-state index < -0.39 is 11.9 Å². The van der Waals surface area contributed by atoms with Gasteiger partial charge in [-0.2, -0.15) is 0 Å². The van der Waals surface area contributed by atoms with Gasteiger partial charge in [-0.25, -0.2) is 8.78 Å². The van der Waals surface area contributed by atoms with E-state index in [0.717, 1.165) is 6.07 Å². The third-order valence-corrected chi connectivity index (χ3v) is 3.54. The zero-order valence-corrected chi connectivity index (χ0v) is 14.5. The standard InChI is InChI=1S/C20H21F2NO3/c1-3-4-10-25-14(2)20(24)23-17-8-9-19(18(22)12-17)26-13-15-6-5-7-16(21)11-15/h3,5-9,11-12,14H,1,4,10,13H2,2H3,(H,23,24). The molecule has 6 heteroatoms. The van der Waals surface area contributed by atoms with Crippen LogP contribution in [0.1, 0.15) is 18.9 Å². The number of hydrogen-bond donors (Lipinski definition) is 1. The predicted octanol–water partition coefficient (Wildman–Crippen LogP) is 4.46. The van der Waals surface area contributed by atoms with Crippen molar-refractivity contribution in [1.29, 1.82) is 0 Å². The van der Waals surface area contributed by atoms with Crippen molar-refractivity contribution in [2.75, 3.05) is 11.9 Å². The van der Waals surface area contributed by atoms with Crippen LogP contribution in [0.3, 0.4) is 0 Å². The van der Waals surface area contributed by atoms with Gasteiger partial charge in [0, 0.05) is 11.8 Å². The second-order valence-electron chi connectivity index (χ2n) is 5.64. The molecule has 0 aliphatic rings. The summed E-state index contributed by atoms with van der Waals surface area (Å²) >= 11 is 0. The van der Waals surface area contributed by atoms with Crippen LogP contribution >= 0.6 is 0 Å². The summed E-state index contributed by atoms with van der Waals surface area (Å²) in [4.78, 5) is 12.0. The summed E-state index contributed by atoms with van der Waals surface area (Å²) in [6.45, 7) is 5.61. The highest BCUT2D eigenvalue weighted by Crippen LogP contribution is 2.22. The molecule has 1 unspecified atom stereocenters. The Kier molecular flexibility index (Phi) is 7.29. The maximum Gasteiger partial charge on any atom is 0.253 e. The lowest BCUT2D eigenvalue weighted by molar-refractivity contribution is -0.126. The third-order valence-electron chi connectivity index (χ3n) is 3.54. The molecule has 1 amide bonds. The van der Waals surface area contributed by atoms with Gasteiger partial charge in [0.25, 0.3) is 5.91 Å². The average molecular weight is 361 g/mol. The van der Waals surface area contributed by atoms with Gasteiger partial charge in [-0.3, -0.25) is 4.79 Å². The molecule has 0 aromatic heterocycles. The zero-order chi connectivity index (χ0) is 18.9. The number of rotatable bonds is 9. The summed E-state index contributed by atoms with van der Waals surface area (Å²) in [6.07, 6.45) is 1.67. The van der Waals surface area contributed by atoms with Crippen LogP contribution in [0.25, 0.3) is 0 Å². The van der Waals surface area contributed by atoms with E-state index in [2.05, 4.69) is 11.9 Å². The second kappa shape index (κ2) is 9.68. The van der Waals surface area contributed by atoms with E-state index in [0.29, 0.717) is 24.3 Å². The van der Waals surface area contributed by atoms with Crippen molar-refractivity contribution in [3.63, 3.8) is 0 Å². The summed E-state index contributed by atoms with van der Waals surface area (Å²) in [7, 11) is 0. The van der Waals surface area contributed by atoms with Crippen molar-refractivity contribution in [2.45, 2.75) is 26.1 Å². The van der Waals surface area contributed by atoms with Crippen molar-refractivity contribution >= 4 is 11.6 Å². The Morgan fingerprint density at radius 3 is 2.77 bits per heavy atom. The molecule has 0 aliphatic carbocycles. The smallest absolute Gasteiger partial charge is 0.253 e. The van der Waals surface area contributed by atoms with Gasteiger partial charge in [-0.15, -0.1) is 6.58 Å². The molecule has 0 spiro atoms. The summed E-state index contributed by atoms with van der Waals surface area (Å²) < 4.78 is 38.0. The number of carbonyl (C=O) groups is 1. The van der Waals surface area contributed by atoms with Crippen LogP contribution in [0.5, 0.6) is 5.75 Å². The molecule has 0 aliphatic heterocycles. The van der Waals surface area contributed by atoms with Gasteiger partial charge in [-0.05, 0) is 43.2 Å². The number of nitrogens with one attached hydrogen (secondary N) is 1. The Hall–Kier alpha value is -2.73. The number of anilines is 1. The summed E-state index contributed by atoms with van der Waals surface area (Å²) in [5.74, 6) is -1.36. The minimum atomic E-state index is -0.665. The quantitative estimate of drug-likeness (QED) is 0.530. The van der Waals surface area contributed by atoms with Crippen molar-refractivity contribution in [2.24, 2.45) is 0 Å². The molecule has 0 saturated carbocycles. The third kappa shape index (κ3) is 5.97. The van der Waals surface area contributed by atoms with Crippen LogP contribution in [-0.4, -0.2) is 18.6 Å². The van der Waals surface area contributed by atoms with Crippen molar-refractivity contribution < 1.29 is 23.0 Å². The van der Waals surface area contributed by atoms with Gasteiger partial charge < -0.3 is 14.8 Å². The second-order valence-corrected chi connectivity index (χ2v) is 5.64. The van der Waals surface area contributed by atoms with E-state index in [1.165, 1.54) is 24.3 Å². The number of hydrogen-bond acceptors (Lipinski definition) is 3. The fraction of sp³-hybridized carbons (Fsp3) is 0.250. The highest BCUT2D eigenvalue weighted by Gasteiger charge is 2.14. The van der Waals surface area contributed by atoms with Crippen LogP contribution < -0.4 is 10.1 Å². The first-order valence-electron chi connectivity index (χ1n) is 8.19. The van der Waals surface area contributed by atoms with E-state index in [9.17, 15) is 13.6 Å². The number of amides is 1. The monoisotopic (exact) mass is 361 g/mol. The Labute approximate surface area is 151 Å². The normalized spacial score (nSPS) is 11.7. The molecule has 26 heavy (non-hydrogen) atoms. The van der Waals surface area contributed by atoms with Gasteiger partial charge in [0.05, 0.1) is 6.61 Å².